The first-order chi connectivity index (χ1) is 19.9. The minimum Gasteiger partial charge on any atom is -0.349 e. The molecule has 3 aromatic carbocycles. The van der Waals surface area contributed by atoms with Gasteiger partial charge in [-0.1, -0.05) is 54.2 Å². The summed E-state index contributed by atoms with van der Waals surface area (Å²) in [6, 6.07) is 21.9. The van der Waals surface area contributed by atoms with Crippen LogP contribution in [0.3, 0.4) is 0 Å². The summed E-state index contributed by atoms with van der Waals surface area (Å²) < 4.78 is 14.5. The Morgan fingerprint density at radius 3 is 2.29 bits per heavy atom. The van der Waals surface area contributed by atoms with Crippen LogP contribution in [0.25, 0.3) is 6.08 Å². The molecule has 4 aliphatic carbocycles. The van der Waals surface area contributed by atoms with Gasteiger partial charge in [-0.25, -0.2) is 4.39 Å². The maximum atomic E-state index is 14.5. The second kappa shape index (κ2) is 10.5. The van der Waals surface area contributed by atoms with Gasteiger partial charge in [0.25, 0.3) is 11.8 Å². The number of anilines is 1. The Hall–Kier alpha value is -3.38. The van der Waals surface area contributed by atoms with Gasteiger partial charge in [-0.15, -0.1) is 0 Å². The zero-order chi connectivity index (χ0) is 28.1. The van der Waals surface area contributed by atoms with E-state index in [1.165, 1.54) is 56.4 Å². The number of thioether (sulfide) groups is 1. The van der Waals surface area contributed by atoms with Crippen LogP contribution < -0.4 is 10.2 Å². The molecule has 4 nitrogen and oxygen atoms in total. The van der Waals surface area contributed by atoms with Crippen LogP contribution >= 0.6 is 11.8 Å². The molecule has 0 radical (unpaired) electrons. The summed E-state index contributed by atoms with van der Waals surface area (Å²) in [6.07, 6.45) is 9.82. The van der Waals surface area contributed by atoms with Crippen LogP contribution in [-0.4, -0.2) is 17.9 Å². The van der Waals surface area contributed by atoms with Crippen molar-refractivity contribution in [3.8, 4) is 0 Å². The zero-order valence-corrected chi connectivity index (χ0v) is 24.1. The lowest BCUT2D eigenvalue weighted by Crippen LogP contribution is -2.55. The van der Waals surface area contributed by atoms with Crippen LogP contribution in [0.5, 0.6) is 0 Å². The number of rotatable bonds is 6. The molecular weight excluding hydrogens is 531 g/mol. The lowest BCUT2D eigenvalue weighted by atomic mass is 9.48. The summed E-state index contributed by atoms with van der Waals surface area (Å²) in [7, 11) is 0. The van der Waals surface area contributed by atoms with E-state index < -0.39 is 0 Å². The van der Waals surface area contributed by atoms with Crippen molar-refractivity contribution in [2.75, 3.05) is 4.90 Å². The number of benzene rings is 3. The van der Waals surface area contributed by atoms with Gasteiger partial charge in [0.1, 0.15) is 5.82 Å². The van der Waals surface area contributed by atoms with Crippen molar-refractivity contribution in [1.29, 1.82) is 0 Å². The lowest BCUT2D eigenvalue weighted by molar-refractivity contribution is -0.114. The first-order valence-electron chi connectivity index (χ1n) is 14.8. The quantitative estimate of drug-likeness (QED) is 0.309. The zero-order valence-electron chi connectivity index (χ0n) is 23.3. The second-order valence-electron chi connectivity index (χ2n) is 12.7. The minimum absolute atomic E-state index is 0.0273. The minimum atomic E-state index is -0.326. The number of nitrogens with one attached hydrogen (secondary N) is 1. The summed E-state index contributed by atoms with van der Waals surface area (Å²) in [5.74, 6) is 2.03. The van der Waals surface area contributed by atoms with Crippen molar-refractivity contribution in [3.63, 3.8) is 0 Å². The summed E-state index contributed by atoms with van der Waals surface area (Å²) in [5.41, 5.74) is 3.00. The average molecular weight is 567 g/mol. The molecule has 1 N–H and O–H groups in total. The molecule has 210 valence electrons. The third-order valence-electron chi connectivity index (χ3n) is 9.94. The highest BCUT2D eigenvalue weighted by atomic mass is 32.2. The Kier molecular flexibility index (Phi) is 6.77. The van der Waals surface area contributed by atoms with E-state index in [-0.39, 0.29) is 35.6 Å². The number of halogens is 1. The first-order valence-corrected chi connectivity index (χ1v) is 15.6. The van der Waals surface area contributed by atoms with Gasteiger partial charge < -0.3 is 10.2 Å². The highest BCUT2D eigenvalue weighted by Gasteiger charge is 2.53. The molecule has 1 atom stereocenters. The standard InChI is InChI=1S/C35H35FN2O2S/c1-22(35-18-24-14-25(19-35)16-26(15-24)20-35)37-33(39)27-12-10-23(11-13-27)17-32-34(40)38(21-28-6-2-3-7-29(28)36)30-8-4-5-9-31(30)41-32/h2-13,17,22,24-26H,14-16,18-21H2,1H3,(H,37,39). The van der Waals surface area contributed by atoms with Gasteiger partial charge in [0.05, 0.1) is 17.1 Å². The van der Waals surface area contributed by atoms with Gasteiger partial charge in [-0.05, 0) is 111 Å². The molecule has 3 aromatic rings. The average Bonchev–Trinajstić information content (AvgIpc) is 2.96. The van der Waals surface area contributed by atoms with Gasteiger partial charge in [0.15, 0.2) is 0 Å². The van der Waals surface area contributed by atoms with Crippen LogP contribution in [0.2, 0.25) is 0 Å². The number of carbonyl (C=O) groups is 2. The van der Waals surface area contributed by atoms with Gasteiger partial charge in [-0.2, -0.15) is 0 Å². The largest absolute Gasteiger partial charge is 0.349 e. The topological polar surface area (TPSA) is 49.4 Å². The van der Waals surface area contributed by atoms with Crippen LogP contribution in [0.1, 0.15) is 66.9 Å². The molecule has 4 saturated carbocycles. The smallest absolute Gasteiger partial charge is 0.265 e. The Morgan fingerprint density at radius 2 is 1.61 bits per heavy atom. The summed E-state index contributed by atoms with van der Waals surface area (Å²) >= 11 is 1.42. The van der Waals surface area contributed by atoms with E-state index in [0.717, 1.165) is 33.9 Å². The molecule has 6 heteroatoms. The second-order valence-corrected chi connectivity index (χ2v) is 13.7. The molecule has 1 unspecified atom stereocenters. The predicted molar refractivity (Wildman–Crippen MR) is 162 cm³/mol. The van der Waals surface area contributed by atoms with E-state index in [1.54, 1.807) is 23.1 Å². The molecule has 41 heavy (non-hydrogen) atoms. The summed E-state index contributed by atoms with van der Waals surface area (Å²) in [4.78, 5) is 30.0. The fourth-order valence-electron chi connectivity index (χ4n) is 8.24. The van der Waals surface area contributed by atoms with E-state index in [1.807, 2.05) is 54.6 Å². The van der Waals surface area contributed by atoms with Crippen LogP contribution in [0.4, 0.5) is 10.1 Å². The Morgan fingerprint density at radius 1 is 0.976 bits per heavy atom. The highest BCUT2D eigenvalue weighted by molar-refractivity contribution is 8.04. The van der Waals surface area contributed by atoms with Crippen LogP contribution in [-0.2, 0) is 11.3 Å². The van der Waals surface area contributed by atoms with Crippen molar-refractivity contribution >= 4 is 35.3 Å². The summed E-state index contributed by atoms with van der Waals surface area (Å²) in [5, 5.41) is 3.36. The van der Waals surface area contributed by atoms with E-state index in [2.05, 4.69) is 12.2 Å². The van der Waals surface area contributed by atoms with E-state index >= 15 is 0 Å². The number of amides is 2. The number of hydrogen-bond donors (Lipinski definition) is 1. The van der Waals surface area contributed by atoms with E-state index in [9.17, 15) is 14.0 Å². The molecule has 0 saturated heterocycles. The van der Waals surface area contributed by atoms with Crippen molar-refractivity contribution in [2.24, 2.45) is 23.2 Å². The molecule has 1 heterocycles. The molecule has 4 bridgehead atoms. The maximum absolute atomic E-state index is 14.5. The molecule has 0 aromatic heterocycles. The van der Waals surface area contributed by atoms with Crippen molar-refractivity contribution < 1.29 is 14.0 Å². The molecule has 5 aliphatic rings. The Balaban J connectivity index is 1.08. The number of nitrogens with zero attached hydrogens (tertiary/aromatic N) is 1. The number of hydrogen-bond acceptors (Lipinski definition) is 3. The molecule has 1 aliphatic heterocycles. The fourth-order valence-corrected chi connectivity index (χ4v) is 9.30. The predicted octanol–water partition coefficient (Wildman–Crippen LogP) is 7.84. The maximum Gasteiger partial charge on any atom is 0.265 e. The SMILES string of the molecule is CC(NC(=O)c1ccc(C=C2Sc3ccccc3N(Cc3ccccc3F)C2=O)cc1)C12CC3CC(CC(C3)C1)C2. The van der Waals surface area contributed by atoms with Crippen molar-refractivity contribution in [1.82, 2.24) is 5.32 Å². The normalized spacial score (nSPS) is 28.0. The van der Waals surface area contributed by atoms with Crippen LogP contribution in [0, 0.1) is 29.0 Å². The lowest BCUT2D eigenvalue weighted by Gasteiger charge is -2.59. The van der Waals surface area contributed by atoms with Gasteiger partial charge in [0, 0.05) is 22.1 Å². The third-order valence-corrected chi connectivity index (χ3v) is 11.0. The fraction of sp³-hybridized carbons (Fsp3) is 0.371. The molecule has 8 rings (SSSR count). The molecule has 4 fully saturated rings. The van der Waals surface area contributed by atoms with Crippen molar-refractivity contribution in [2.45, 2.75) is 62.9 Å². The molecule has 0 spiro atoms. The van der Waals surface area contributed by atoms with Gasteiger partial charge >= 0.3 is 0 Å². The summed E-state index contributed by atoms with van der Waals surface area (Å²) in [6.45, 7) is 2.36. The number of fused-ring (bicyclic) bond motifs is 1. The van der Waals surface area contributed by atoms with E-state index in [4.69, 9.17) is 0 Å². The monoisotopic (exact) mass is 566 g/mol. The number of para-hydroxylation sites is 1. The number of carbonyl (C=O) groups excluding carboxylic acids is 2. The van der Waals surface area contributed by atoms with Crippen LogP contribution in [0.15, 0.2) is 82.6 Å². The van der Waals surface area contributed by atoms with E-state index in [0.29, 0.717) is 16.0 Å². The highest BCUT2D eigenvalue weighted by Crippen LogP contribution is 2.61. The third kappa shape index (κ3) is 5.01. The van der Waals surface area contributed by atoms with Gasteiger partial charge in [-0.3, -0.25) is 9.59 Å². The molecular formula is C35H35FN2O2S. The van der Waals surface area contributed by atoms with Gasteiger partial charge in [0.2, 0.25) is 0 Å². The first kappa shape index (κ1) is 26.5. The Bertz CT molecular complexity index is 1500. The Labute approximate surface area is 245 Å². The molecule has 2 amide bonds. The van der Waals surface area contributed by atoms with Crippen molar-refractivity contribution in [3.05, 3.63) is 100 Å².